The molecule has 15 heavy (non-hydrogen) atoms. The first kappa shape index (κ1) is 10.7. The molecule has 2 heterocycles. The summed E-state index contributed by atoms with van der Waals surface area (Å²) in [4.78, 5) is 2.42. The first-order valence-corrected chi connectivity index (χ1v) is 5.96. The zero-order valence-electron chi connectivity index (χ0n) is 9.92. The smallest absolute Gasteiger partial charge is 0.0233 e. The predicted octanol–water partition coefficient (Wildman–Crippen LogP) is 2.15. The fourth-order valence-corrected chi connectivity index (χ4v) is 2.43. The Labute approximate surface area is 93.0 Å². The van der Waals surface area contributed by atoms with E-state index >= 15 is 0 Å². The van der Waals surface area contributed by atoms with Crippen LogP contribution in [0.2, 0.25) is 0 Å². The summed E-state index contributed by atoms with van der Waals surface area (Å²) in [6.45, 7) is 5.90. The van der Waals surface area contributed by atoms with Gasteiger partial charge in [-0.2, -0.15) is 0 Å². The van der Waals surface area contributed by atoms with Gasteiger partial charge >= 0.3 is 0 Å². The molecule has 1 unspecified atom stereocenters. The van der Waals surface area contributed by atoms with Crippen molar-refractivity contribution in [1.82, 2.24) is 10.2 Å². The van der Waals surface area contributed by atoms with Crippen LogP contribution >= 0.6 is 0 Å². The van der Waals surface area contributed by atoms with Gasteiger partial charge in [-0.3, -0.25) is 0 Å². The molecule has 0 aromatic rings. The van der Waals surface area contributed by atoms with E-state index < -0.39 is 0 Å². The highest BCUT2D eigenvalue weighted by Crippen LogP contribution is 2.29. The SMILES string of the molecule is CN1CCC(=CC2(C)CC=CNC2)CC1. The number of rotatable bonds is 1. The van der Waals surface area contributed by atoms with Gasteiger partial charge in [-0.05, 0) is 32.5 Å². The Morgan fingerprint density at radius 1 is 1.40 bits per heavy atom. The minimum absolute atomic E-state index is 0.347. The minimum atomic E-state index is 0.347. The van der Waals surface area contributed by atoms with Crippen molar-refractivity contribution in [1.29, 1.82) is 0 Å². The summed E-state index contributed by atoms with van der Waals surface area (Å²) >= 11 is 0. The van der Waals surface area contributed by atoms with E-state index in [9.17, 15) is 0 Å². The summed E-state index contributed by atoms with van der Waals surface area (Å²) in [7, 11) is 2.21. The molecule has 1 N–H and O–H groups in total. The van der Waals surface area contributed by atoms with Gasteiger partial charge in [0.25, 0.3) is 0 Å². The number of nitrogens with zero attached hydrogens (tertiary/aromatic N) is 1. The van der Waals surface area contributed by atoms with Crippen molar-refractivity contribution >= 4 is 0 Å². The molecule has 1 atom stereocenters. The van der Waals surface area contributed by atoms with Gasteiger partial charge in [0.1, 0.15) is 0 Å². The van der Waals surface area contributed by atoms with Gasteiger partial charge in [0, 0.05) is 25.0 Å². The molecule has 0 saturated carbocycles. The van der Waals surface area contributed by atoms with Crippen LogP contribution in [0.4, 0.5) is 0 Å². The maximum atomic E-state index is 3.34. The quantitative estimate of drug-likeness (QED) is 0.661. The molecule has 0 spiro atoms. The molecule has 0 aromatic heterocycles. The second-order valence-corrected chi connectivity index (χ2v) is 5.25. The number of hydrogen-bond acceptors (Lipinski definition) is 2. The van der Waals surface area contributed by atoms with Crippen LogP contribution in [0.25, 0.3) is 0 Å². The van der Waals surface area contributed by atoms with Gasteiger partial charge in [-0.25, -0.2) is 0 Å². The number of piperidine rings is 1. The molecular formula is C13H22N2. The van der Waals surface area contributed by atoms with Gasteiger partial charge in [0.15, 0.2) is 0 Å². The lowest BCUT2D eigenvalue weighted by atomic mass is 9.82. The molecule has 2 aliphatic rings. The molecule has 84 valence electrons. The topological polar surface area (TPSA) is 15.3 Å². The second kappa shape index (κ2) is 4.40. The fourth-order valence-electron chi connectivity index (χ4n) is 2.43. The number of hydrogen-bond donors (Lipinski definition) is 1. The molecule has 0 amide bonds. The Hall–Kier alpha value is -0.760. The Morgan fingerprint density at radius 3 is 2.73 bits per heavy atom. The van der Waals surface area contributed by atoms with E-state index in [-0.39, 0.29) is 0 Å². The van der Waals surface area contributed by atoms with Crippen LogP contribution < -0.4 is 5.32 Å². The summed E-state index contributed by atoms with van der Waals surface area (Å²) in [5, 5.41) is 3.34. The van der Waals surface area contributed by atoms with Crippen molar-refractivity contribution in [2.75, 3.05) is 26.7 Å². The van der Waals surface area contributed by atoms with Crippen molar-refractivity contribution in [3.05, 3.63) is 23.9 Å². The van der Waals surface area contributed by atoms with Gasteiger partial charge in [-0.15, -0.1) is 0 Å². The molecule has 0 aliphatic carbocycles. The third-order valence-electron chi connectivity index (χ3n) is 3.51. The Morgan fingerprint density at radius 2 is 2.13 bits per heavy atom. The molecule has 1 fully saturated rings. The van der Waals surface area contributed by atoms with Crippen molar-refractivity contribution in [3.63, 3.8) is 0 Å². The Balaban J connectivity index is 1.99. The summed E-state index contributed by atoms with van der Waals surface area (Å²) in [5.74, 6) is 0. The van der Waals surface area contributed by atoms with Crippen molar-refractivity contribution in [2.24, 2.45) is 5.41 Å². The van der Waals surface area contributed by atoms with E-state index in [2.05, 4.69) is 42.5 Å². The van der Waals surface area contributed by atoms with Crippen LogP contribution in [0.1, 0.15) is 26.2 Å². The van der Waals surface area contributed by atoms with Gasteiger partial charge in [0.2, 0.25) is 0 Å². The van der Waals surface area contributed by atoms with Gasteiger partial charge in [-0.1, -0.05) is 24.6 Å². The minimum Gasteiger partial charge on any atom is -0.390 e. The van der Waals surface area contributed by atoms with E-state index in [0.717, 1.165) is 6.54 Å². The van der Waals surface area contributed by atoms with E-state index in [1.165, 1.54) is 32.4 Å². The summed E-state index contributed by atoms with van der Waals surface area (Å²) in [6.07, 6.45) is 10.5. The molecule has 2 rings (SSSR count). The highest BCUT2D eigenvalue weighted by Gasteiger charge is 2.23. The first-order chi connectivity index (χ1) is 7.18. The van der Waals surface area contributed by atoms with Gasteiger partial charge < -0.3 is 10.2 Å². The van der Waals surface area contributed by atoms with E-state index in [1.807, 2.05) is 0 Å². The largest absolute Gasteiger partial charge is 0.390 e. The highest BCUT2D eigenvalue weighted by molar-refractivity contribution is 5.15. The second-order valence-electron chi connectivity index (χ2n) is 5.25. The fraction of sp³-hybridized carbons (Fsp3) is 0.692. The van der Waals surface area contributed by atoms with E-state index in [1.54, 1.807) is 5.57 Å². The van der Waals surface area contributed by atoms with E-state index in [4.69, 9.17) is 0 Å². The summed E-state index contributed by atoms with van der Waals surface area (Å²) in [6, 6.07) is 0. The maximum Gasteiger partial charge on any atom is 0.0233 e. The zero-order chi connectivity index (χ0) is 10.7. The number of nitrogens with one attached hydrogen (secondary N) is 1. The molecule has 2 aliphatic heterocycles. The van der Waals surface area contributed by atoms with E-state index in [0.29, 0.717) is 5.41 Å². The van der Waals surface area contributed by atoms with Crippen LogP contribution in [0, 0.1) is 5.41 Å². The van der Waals surface area contributed by atoms with Gasteiger partial charge in [0.05, 0.1) is 0 Å². The molecule has 2 heteroatoms. The lowest BCUT2D eigenvalue weighted by Gasteiger charge is -2.31. The molecular weight excluding hydrogens is 184 g/mol. The van der Waals surface area contributed by atoms with Crippen LogP contribution in [-0.2, 0) is 0 Å². The van der Waals surface area contributed by atoms with Crippen molar-refractivity contribution in [3.8, 4) is 0 Å². The predicted molar refractivity (Wildman–Crippen MR) is 64.7 cm³/mol. The standard InChI is InChI=1S/C13H22N2/c1-13(6-3-7-14-11-13)10-12-4-8-15(2)9-5-12/h3,7,10,14H,4-6,8-9,11H2,1-2H3. The Kier molecular flexibility index (Phi) is 3.15. The zero-order valence-corrected chi connectivity index (χ0v) is 9.92. The van der Waals surface area contributed by atoms with Crippen LogP contribution in [-0.4, -0.2) is 31.6 Å². The number of likely N-dealkylation sites (tertiary alicyclic amines) is 1. The third kappa shape index (κ3) is 2.85. The Bertz CT molecular complexity index is 270. The van der Waals surface area contributed by atoms with Crippen molar-refractivity contribution in [2.45, 2.75) is 26.2 Å². The lowest BCUT2D eigenvalue weighted by molar-refractivity contribution is 0.307. The van der Waals surface area contributed by atoms with Crippen LogP contribution in [0.3, 0.4) is 0 Å². The normalized spacial score (nSPS) is 32.5. The lowest BCUT2D eigenvalue weighted by Crippen LogP contribution is -2.32. The summed E-state index contributed by atoms with van der Waals surface area (Å²) in [5.41, 5.74) is 2.01. The highest BCUT2D eigenvalue weighted by atomic mass is 15.1. The monoisotopic (exact) mass is 206 g/mol. The summed E-state index contributed by atoms with van der Waals surface area (Å²) < 4.78 is 0. The molecule has 0 bridgehead atoms. The molecule has 0 aromatic carbocycles. The molecule has 2 nitrogen and oxygen atoms in total. The average Bonchev–Trinajstić information content (AvgIpc) is 2.22. The van der Waals surface area contributed by atoms with Crippen LogP contribution in [0.5, 0.6) is 0 Å². The average molecular weight is 206 g/mol. The number of allylic oxidation sites excluding steroid dienone is 1. The van der Waals surface area contributed by atoms with Crippen molar-refractivity contribution < 1.29 is 0 Å². The third-order valence-corrected chi connectivity index (χ3v) is 3.51. The maximum absolute atomic E-state index is 3.34. The first-order valence-electron chi connectivity index (χ1n) is 5.96. The molecule has 1 saturated heterocycles. The molecule has 0 radical (unpaired) electrons. The van der Waals surface area contributed by atoms with Crippen LogP contribution in [0.15, 0.2) is 23.9 Å².